The fraction of sp³-hybridized carbons (Fsp3) is 0.500. The maximum absolute atomic E-state index is 5.36. The molecule has 0 aromatic carbocycles. The van der Waals surface area contributed by atoms with E-state index >= 15 is 0 Å². The third-order valence-corrected chi connectivity index (χ3v) is 3.05. The summed E-state index contributed by atoms with van der Waals surface area (Å²) >= 11 is 5.03. The van der Waals surface area contributed by atoms with Crippen LogP contribution in [0.4, 0.5) is 0 Å². The van der Waals surface area contributed by atoms with Crippen molar-refractivity contribution in [2.75, 3.05) is 12.3 Å². The Morgan fingerprint density at radius 1 is 1.82 bits per heavy atom. The van der Waals surface area contributed by atoms with Crippen LogP contribution in [0.3, 0.4) is 0 Å². The molecule has 5 heteroatoms. The lowest BCUT2D eigenvalue weighted by Crippen LogP contribution is -2.02. The Bertz CT molecular complexity index is 236. The van der Waals surface area contributed by atoms with Crippen molar-refractivity contribution in [3.8, 4) is 0 Å². The number of imidazole rings is 1. The fourth-order valence-corrected chi connectivity index (χ4v) is 1.76. The molecule has 0 saturated heterocycles. The highest BCUT2D eigenvalue weighted by Crippen LogP contribution is 2.19. The van der Waals surface area contributed by atoms with E-state index in [-0.39, 0.29) is 0 Å². The Morgan fingerprint density at radius 2 is 2.55 bits per heavy atom. The van der Waals surface area contributed by atoms with Crippen molar-refractivity contribution in [2.24, 2.45) is 12.8 Å². The van der Waals surface area contributed by atoms with Crippen molar-refractivity contribution in [3.63, 3.8) is 0 Å². The molecule has 2 N–H and O–H groups in total. The molecule has 1 rings (SSSR count). The van der Waals surface area contributed by atoms with Crippen LogP contribution in [0.25, 0.3) is 0 Å². The predicted octanol–water partition coefficient (Wildman–Crippen LogP) is 1.23. The zero-order valence-electron chi connectivity index (χ0n) is 6.25. The molecule has 0 radical (unpaired) electrons. The molecule has 1 aromatic heterocycles. The topological polar surface area (TPSA) is 43.8 Å². The number of rotatable bonds is 3. The fourth-order valence-electron chi connectivity index (χ4n) is 0.657. The molecule has 11 heavy (non-hydrogen) atoms. The molecular weight excluding hydrogens is 226 g/mol. The van der Waals surface area contributed by atoms with Crippen molar-refractivity contribution in [3.05, 3.63) is 10.8 Å². The van der Waals surface area contributed by atoms with Crippen LogP contribution >= 0.6 is 27.7 Å². The smallest absolute Gasteiger partial charge is 0.168 e. The second-order valence-electron chi connectivity index (χ2n) is 2.06. The number of nitrogens with two attached hydrogens (primary N) is 1. The van der Waals surface area contributed by atoms with Crippen LogP contribution in [0.15, 0.2) is 16.0 Å². The monoisotopic (exact) mass is 235 g/mol. The van der Waals surface area contributed by atoms with E-state index in [0.717, 1.165) is 15.5 Å². The first-order valence-electron chi connectivity index (χ1n) is 3.25. The van der Waals surface area contributed by atoms with Crippen LogP contribution in [0, 0.1) is 0 Å². The number of halogens is 1. The zero-order valence-corrected chi connectivity index (χ0v) is 8.65. The van der Waals surface area contributed by atoms with Crippen molar-refractivity contribution in [1.82, 2.24) is 9.55 Å². The van der Waals surface area contributed by atoms with Gasteiger partial charge in [-0.15, -0.1) is 0 Å². The van der Waals surface area contributed by atoms with Crippen LogP contribution in [0.5, 0.6) is 0 Å². The molecule has 0 bridgehead atoms. The largest absolute Gasteiger partial charge is 0.330 e. The van der Waals surface area contributed by atoms with Gasteiger partial charge in [-0.3, -0.25) is 0 Å². The molecule has 0 unspecified atom stereocenters. The molecule has 1 heterocycles. The van der Waals surface area contributed by atoms with E-state index in [1.54, 1.807) is 18.0 Å². The maximum Gasteiger partial charge on any atom is 0.168 e. The molecular formula is C6H10BrN3S. The molecule has 0 aliphatic rings. The van der Waals surface area contributed by atoms with Gasteiger partial charge in [0.15, 0.2) is 5.16 Å². The minimum atomic E-state index is 0.690. The van der Waals surface area contributed by atoms with E-state index in [0.29, 0.717) is 6.54 Å². The summed E-state index contributed by atoms with van der Waals surface area (Å²) in [6, 6.07) is 0. The highest BCUT2D eigenvalue weighted by atomic mass is 79.9. The summed E-state index contributed by atoms with van der Waals surface area (Å²) in [4.78, 5) is 4.18. The second-order valence-corrected chi connectivity index (χ2v) is 3.93. The predicted molar refractivity (Wildman–Crippen MR) is 50.7 cm³/mol. The van der Waals surface area contributed by atoms with Gasteiger partial charge in [0, 0.05) is 19.3 Å². The van der Waals surface area contributed by atoms with E-state index in [1.165, 1.54) is 0 Å². The van der Waals surface area contributed by atoms with Gasteiger partial charge >= 0.3 is 0 Å². The standard InChI is InChI=1S/C6H10BrN3S/c1-10-5(7)4-9-6(10)11-3-2-8/h4H,2-3,8H2,1H3. The molecule has 0 saturated carbocycles. The molecule has 0 spiro atoms. The number of nitrogens with zero attached hydrogens (tertiary/aromatic N) is 2. The summed E-state index contributed by atoms with van der Waals surface area (Å²) in [6.45, 7) is 0.690. The summed E-state index contributed by atoms with van der Waals surface area (Å²) in [5.41, 5.74) is 5.36. The Morgan fingerprint density at radius 3 is 3.00 bits per heavy atom. The van der Waals surface area contributed by atoms with Crippen molar-refractivity contribution < 1.29 is 0 Å². The lowest BCUT2D eigenvalue weighted by molar-refractivity contribution is 0.774. The highest BCUT2D eigenvalue weighted by molar-refractivity contribution is 9.10. The first-order chi connectivity index (χ1) is 5.25. The van der Waals surface area contributed by atoms with Crippen LogP contribution in [-0.2, 0) is 7.05 Å². The summed E-state index contributed by atoms with van der Waals surface area (Å²) in [6.07, 6.45) is 1.79. The number of aromatic nitrogens is 2. The van der Waals surface area contributed by atoms with E-state index in [1.807, 2.05) is 11.6 Å². The molecule has 0 atom stereocenters. The minimum Gasteiger partial charge on any atom is -0.330 e. The Hall–Kier alpha value is -0.0000000000000000763. The number of thioether (sulfide) groups is 1. The van der Waals surface area contributed by atoms with Crippen LogP contribution < -0.4 is 5.73 Å². The second kappa shape index (κ2) is 4.13. The SMILES string of the molecule is Cn1c(Br)cnc1SCCN. The third kappa shape index (κ3) is 2.21. The zero-order chi connectivity index (χ0) is 8.27. The molecule has 0 fully saturated rings. The van der Waals surface area contributed by atoms with Crippen molar-refractivity contribution in [2.45, 2.75) is 5.16 Å². The van der Waals surface area contributed by atoms with Crippen LogP contribution in [-0.4, -0.2) is 21.8 Å². The summed E-state index contributed by atoms with van der Waals surface area (Å²) < 4.78 is 2.98. The molecule has 0 amide bonds. The van der Waals surface area contributed by atoms with Gasteiger partial charge in [-0.05, 0) is 15.9 Å². The first kappa shape index (κ1) is 9.09. The van der Waals surface area contributed by atoms with Gasteiger partial charge in [-0.2, -0.15) is 0 Å². The summed E-state index contributed by atoms with van der Waals surface area (Å²) in [7, 11) is 1.97. The first-order valence-corrected chi connectivity index (χ1v) is 5.03. The number of hydrogen-bond acceptors (Lipinski definition) is 3. The van der Waals surface area contributed by atoms with Gasteiger partial charge in [0.1, 0.15) is 4.60 Å². The normalized spacial score (nSPS) is 10.5. The molecule has 1 aromatic rings. The van der Waals surface area contributed by atoms with Gasteiger partial charge in [0.25, 0.3) is 0 Å². The van der Waals surface area contributed by atoms with Crippen molar-refractivity contribution >= 4 is 27.7 Å². The Labute approximate surface area is 78.5 Å². The highest BCUT2D eigenvalue weighted by Gasteiger charge is 2.02. The quantitative estimate of drug-likeness (QED) is 0.803. The van der Waals surface area contributed by atoms with Gasteiger partial charge in [0.05, 0.1) is 6.20 Å². The summed E-state index contributed by atoms with van der Waals surface area (Å²) in [5, 5.41) is 1.00. The van der Waals surface area contributed by atoms with Gasteiger partial charge in [-0.25, -0.2) is 4.98 Å². The average Bonchev–Trinajstić information content (AvgIpc) is 2.31. The van der Waals surface area contributed by atoms with Crippen LogP contribution in [0.1, 0.15) is 0 Å². The lowest BCUT2D eigenvalue weighted by atomic mass is 10.8. The molecule has 0 aliphatic heterocycles. The lowest BCUT2D eigenvalue weighted by Gasteiger charge is -1.99. The molecule has 3 nitrogen and oxygen atoms in total. The minimum absolute atomic E-state index is 0.690. The third-order valence-electron chi connectivity index (χ3n) is 1.24. The Balaban J connectivity index is 2.63. The molecule has 0 aliphatic carbocycles. The maximum atomic E-state index is 5.36. The molecule has 62 valence electrons. The van der Waals surface area contributed by atoms with E-state index in [9.17, 15) is 0 Å². The average molecular weight is 236 g/mol. The van der Waals surface area contributed by atoms with Crippen LogP contribution in [0.2, 0.25) is 0 Å². The van der Waals surface area contributed by atoms with Gasteiger partial charge in [-0.1, -0.05) is 11.8 Å². The van der Waals surface area contributed by atoms with E-state index in [4.69, 9.17) is 5.73 Å². The Kier molecular flexibility index (Phi) is 3.42. The van der Waals surface area contributed by atoms with Gasteiger partial charge in [0.2, 0.25) is 0 Å². The van der Waals surface area contributed by atoms with E-state index in [2.05, 4.69) is 20.9 Å². The summed E-state index contributed by atoms with van der Waals surface area (Å²) in [5.74, 6) is 0.914. The van der Waals surface area contributed by atoms with Gasteiger partial charge < -0.3 is 10.3 Å². The van der Waals surface area contributed by atoms with Crippen molar-refractivity contribution in [1.29, 1.82) is 0 Å². The number of hydrogen-bond donors (Lipinski definition) is 1. The van der Waals surface area contributed by atoms with E-state index < -0.39 is 0 Å².